The van der Waals surface area contributed by atoms with Gasteiger partial charge in [-0.25, -0.2) is 20.3 Å². The Kier molecular flexibility index (Phi) is 9.78. The van der Waals surface area contributed by atoms with E-state index in [9.17, 15) is 14.8 Å². The predicted octanol–water partition coefficient (Wildman–Crippen LogP) is 3.48. The molecule has 1 atom stereocenters. The van der Waals surface area contributed by atoms with Crippen molar-refractivity contribution in [3.8, 4) is 6.07 Å². The number of hydrogen-bond acceptors (Lipinski definition) is 8. The minimum Gasteiger partial charge on any atom is -0.316 e. The van der Waals surface area contributed by atoms with E-state index in [1.54, 1.807) is 31.3 Å². The molecule has 0 unspecified atom stereocenters. The molecule has 0 aromatic carbocycles. The van der Waals surface area contributed by atoms with Crippen molar-refractivity contribution in [3.63, 3.8) is 0 Å². The fourth-order valence-electron chi connectivity index (χ4n) is 4.66. The SMILES string of the molecule is CONC(=O)N(Cc1ccsc1)C1CCN([C@H](C)CCN(O)C(=O)c2c(C)cc(C#N)nc2C)CC1. The van der Waals surface area contributed by atoms with Crippen molar-refractivity contribution in [2.24, 2.45) is 0 Å². The predicted molar refractivity (Wildman–Crippen MR) is 135 cm³/mol. The van der Waals surface area contributed by atoms with Crippen LogP contribution >= 0.6 is 11.3 Å². The lowest BCUT2D eigenvalue weighted by Gasteiger charge is -2.40. The zero-order valence-corrected chi connectivity index (χ0v) is 22.0. The third-order valence-electron chi connectivity index (χ3n) is 6.67. The summed E-state index contributed by atoms with van der Waals surface area (Å²) in [4.78, 5) is 38.6. The van der Waals surface area contributed by atoms with Gasteiger partial charge in [-0.05, 0) is 74.1 Å². The van der Waals surface area contributed by atoms with E-state index in [2.05, 4.69) is 22.3 Å². The number of hydrogen-bond donors (Lipinski definition) is 2. The van der Waals surface area contributed by atoms with Crippen LogP contribution in [0.2, 0.25) is 0 Å². The fraction of sp³-hybridized carbons (Fsp3) is 0.520. The van der Waals surface area contributed by atoms with Gasteiger partial charge in [-0.15, -0.1) is 0 Å². The molecule has 1 aliphatic rings. The molecule has 3 rings (SSSR count). The second-order valence-electron chi connectivity index (χ2n) is 9.10. The topological polar surface area (TPSA) is 122 Å². The van der Waals surface area contributed by atoms with Crippen LogP contribution in [-0.4, -0.2) is 75.8 Å². The van der Waals surface area contributed by atoms with Crippen LogP contribution in [0, 0.1) is 25.2 Å². The number of amides is 3. The van der Waals surface area contributed by atoms with Crippen molar-refractivity contribution in [1.29, 1.82) is 5.26 Å². The molecule has 0 aliphatic carbocycles. The number of piperidine rings is 1. The van der Waals surface area contributed by atoms with Gasteiger partial charge in [0, 0.05) is 31.7 Å². The average Bonchev–Trinajstić information content (AvgIpc) is 3.38. The highest BCUT2D eigenvalue weighted by Gasteiger charge is 2.30. The number of urea groups is 1. The van der Waals surface area contributed by atoms with E-state index in [0.717, 1.165) is 36.6 Å². The molecule has 0 saturated carbocycles. The van der Waals surface area contributed by atoms with Gasteiger partial charge in [-0.2, -0.15) is 16.6 Å². The largest absolute Gasteiger partial charge is 0.341 e. The van der Waals surface area contributed by atoms with E-state index in [4.69, 9.17) is 10.1 Å². The first kappa shape index (κ1) is 27.5. The molecule has 2 aromatic rings. The first-order valence-corrected chi connectivity index (χ1v) is 12.9. The summed E-state index contributed by atoms with van der Waals surface area (Å²) in [5, 5.41) is 24.3. The molecule has 1 saturated heterocycles. The number of thiophene rings is 1. The molecule has 1 fully saturated rings. The maximum Gasteiger partial charge on any atom is 0.341 e. The molecule has 36 heavy (non-hydrogen) atoms. The number of nitrogens with one attached hydrogen (secondary N) is 1. The number of likely N-dealkylation sites (tertiary alicyclic amines) is 1. The van der Waals surface area contributed by atoms with E-state index in [1.807, 2.05) is 27.8 Å². The molecule has 194 valence electrons. The van der Waals surface area contributed by atoms with Crippen LogP contribution in [0.15, 0.2) is 22.9 Å². The summed E-state index contributed by atoms with van der Waals surface area (Å²) < 4.78 is 0. The Labute approximate surface area is 216 Å². The number of aromatic nitrogens is 1. The molecule has 0 radical (unpaired) electrons. The van der Waals surface area contributed by atoms with E-state index >= 15 is 0 Å². The summed E-state index contributed by atoms with van der Waals surface area (Å²) in [6.45, 7) is 7.81. The van der Waals surface area contributed by atoms with Gasteiger partial charge >= 0.3 is 6.03 Å². The lowest BCUT2D eigenvalue weighted by molar-refractivity contribution is -0.0626. The maximum atomic E-state index is 12.8. The number of carbonyl (C=O) groups excluding carboxylic acids is 2. The Balaban J connectivity index is 1.53. The molecule has 11 heteroatoms. The Bertz CT molecular complexity index is 1060. The molecule has 1 aliphatic heterocycles. The van der Waals surface area contributed by atoms with Crippen LogP contribution in [0.3, 0.4) is 0 Å². The monoisotopic (exact) mass is 514 g/mol. The molecule has 3 amide bonds. The summed E-state index contributed by atoms with van der Waals surface area (Å²) in [5.41, 5.74) is 5.16. The van der Waals surface area contributed by atoms with Crippen molar-refractivity contribution in [2.45, 2.75) is 58.7 Å². The van der Waals surface area contributed by atoms with Crippen LogP contribution in [0.25, 0.3) is 0 Å². The van der Waals surface area contributed by atoms with E-state index < -0.39 is 5.91 Å². The van der Waals surface area contributed by atoms with Crippen LogP contribution in [-0.2, 0) is 11.4 Å². The second kappa shape index (κ2) is 12.8. The molecular formula is C25H34N6O4S. The third kappa shape index (κ3) is 6.79. The van der Waals surface area contributed by atoms with Crippen molar-refractivity contribution < 1.29 is 19.6 Å². The highest BCUT2D eigenvalue weighted by atomic mass is 32.1. The third-order valence-corrected chi connectivity index (χ3v) is 7.40. The number of carbonyl (C=O) groups is 2. The number of aryl methyl sites for hydroxylation is 2. The maximum absolute atomic E-state index is 12.8. The second-order valence-corrected chi connectivity index (χ2v) is 9.88. The Morgan fingerprint density at radius 3 is 2.69 bits per heavy atom. The molecule has 0 spiro atoms. The lowest BCUT2D eigenvalue weighted by Crippen LogP contribution is -2.51. The normalized spacial score (nSPS) is 15.2. The quantitative estimate of drug-likeness (QED) is 0.388. The molecule has 10 nitrogen and oxygen atoms in total. The minimum atomic E-state index is -0.513. The van der Waals surface area contributed by atoms with Gasteiger partial charge in [0.1, 0.15) is 11.8 Å². The number of nitrogens with zero attached hydrogens (tertiary/aromatic N) is 5. The Hall–Kier alpha value is -3.04. The Morgan fingerprint density at radius 1 is 1.39 bits per heavy atom. The van der Waals surface area contributed by atoms with Gasteiger partial charge < -0.3 is 9.80 Å². The van der Waals surface area contributed by atoms with E-state index in [1.165, 1.54) is 7.11 Å². The smallest absolute Gasteiger partial charge is 0.316 e. The molecule has 2 N–H and O–H groups in total. The minimum absolute atomic E-state index is 0.0919. The van der Waals surface area contributed by atoms with Gasteiger partial charge in [0.2, 0.25) is 0 Å². The highest BCUT2D eigenvalue weighted by Crippen LogP contribution is 2.23. The number of nitriles is 1. The van der Waals surface area contributed by atoms with E-state index in [0.29, 0.717) is 29.8 Å². The van der Waals surface area contributed by atoms with Gasteiger partial charge in [-0.1, -0.05) is 0 Å². The van der Waals surface area contributed by atoms with Crippen LogP contribution in [0.4, 0.5) is 4.79 Å². The van der Waals surface area contributed by atoms with Gasteiger partial charge in [0.25, 0.3) is 5.91 Å². The summed E-state index contributed by atoms with van der Waals surface area (Å²) in [7, 11) is 1.43. The van der Waals surface area contributed by atoms with Gasteiger partial charge in [0.05, 0.1) is 24.9 Å². The van der Waals surface area contributed by atoms with Crippen LogP contribution < -0.4 is 5.48 Å². The fourth-order valence-corrected chi connectivity index (χ4v) is 5.32. The van der Waals surface area contributed by atoms with Crippen molar-refractivity contribution in [3.05, 3.63) is 51.0 Å². The summed E-state index contributed by atoms with van der Waals surface area (Å²) in [6.07, 6.45) is 2.24. The zero-order chi connectivity index (χ0) is 26.2. The van der Waals surface area contributed by atoms with Crippen LogP contribution in [0.1, 0.15) is 59.1 Å². The number of rotatable bonds is 9. The number of hydroxylamine groups is 3. The van der Waals surface area contributed by atoms with Gasteiger partial charge in [0.15, 0.2) is 0 Å². The van der Waals surface area contributed by atoms with Crippen molar-refractivity contribution in [2.75, 3.05) is 26.7 Å². The zero-order valence-electron chi connectivity index (χ0n) is 21.2. The lowest BCUT2D eigenvalue weighted by atomic mass is 10.0. The van der Waals surface area contributed by atoms with Crippen LogP contribution in [0.5, 0.6) is 0 Å². The first-order chi connectivity index (χ1) is 17.2. The van der Waals surface area contributed by atoms with E-state index in [-0.39, 0.29) is 30.4 Å². The average molecular weight is 515 g/mol. The molecule has 3 heterocycles. The summed E-state index contributed by atoms with van der Waals surface area (Å²) in [5.74, 6) is -0.513. The molecule has 0 bridgehead atoms. The standard InChI is InChI=1S/C25H34N6O4S/c1-17-13-21(14-26)27-19(3)23(17)24(32)31(34)11-5-18(2)29-9-6-22(7-10-29)30(25(33)28-35-4)15-20-8-12-36-16-20/h8,12-13,16,18,22,34H,5-7,9-11,15H2,1-4H3,(H,28,33)/t18-/m1/s1. The number of pyridine rings is 1. The summed E-state index contributed by atoms with van der Waals surface area (Å²) >= 11 is 1.61. The first-order valence-electron chi connectivity index (χ1n) is 12.0. The molecular weight excluding hydrogens is 480 g/mol. The van der Waals surface area contributed by atoms with Crippen molar-refractivity contribution in [1.82, 2.24) is 25.3 Å². The highest BCUT2D eigenvalue weighted by molar-refractivity contribution is 7.07. The molecule has 2 aromatic heterocycles. The van der Waals surface area contributed by atoms with Crippen molar-refractivity contribution >= 4 is 23.3 Å². The Morgan fingerprint density at radius 2 is 2.11 bits per heavy atom. The summed E-state index contributed by atoms with van der Waals surface area (Å²) in [6, 6.07) is 5.55. The van der Waals surface area contributed by atoms with Gasteiger partial charge in [-0.3, -0.25) is 14.8 Å².